The molecule has 3 heterocycles. The van der Waals surface area contributed by atoms with E-state index in [-0.39, 0.29) is 24.4 Å². The first-order valence-corrected chi connectivity index (χ1v) is 9.65. The van der Waals surface area contributed by atoms with Gasteiger partial charge in [-0.3, -0.25) is 9.59 Å². The van der Waals surface area contributed by atoms with Crippen LogP contribution < -0.4 is 10.5 Å². The standard InChI is InChI=1S/C21H23NO5/c23-13-26-10-2-1-7-18(24)17-12-15-11-14-5-3-8-22-9-4-6-16(19(14)22)20(15)27-21(17)25/h11-13H,1-10H2. The van der Waals surface area contributed by atoms with Gasteiger partial charge in [0.2, 0.25) is 0 Å². The molecular weight excluding hydrogens is 346 g/mol. The fourth-order valence-corrected chi connectivity index (χ4v) is 4.29. The van der Waals surface area contributed by atoms with Gasteiger partial charge in [0.15, 0.2) is 5.78 Å². The van der Waals surface area contributed by atoms with Crippen LogP contribution in [0.2, 0.25) is 0 Å². The number of unbranched alkanes of at least 4 members (excludes halogenated alkanes) is 1. The average molecular weight is 369 g/mol. The fraction of sp³-hybridized carbons (Fsp3) is 0.476. The number of fused-ring (bicyclic) bond motifs is 2. The van der Waals surface area contributed by atoms with Gasteiger partial charge in [-0.05, 0) is 56.2 Å². The van der Waals surface area contributed by atoms with Gasteiger partial charge < -0.3 is 14.1 Å². The largest absolute Gasteiger partial charge is 0.468 e. The van der Waals surface area contributed by atoms with Crippen molar-refractivity contribution < 1.29 is 18.7 Å². The second-order valence-corrected chi connectivity index (χ2v) is 7.27. The Balaban J connectivity index is 1.66. The van der Waals surface area contributed by atoms with Gasteiger partial charge >= 0.3 is 5.63 Å². The van der Waals surface area contributed by atoms with E-state index in [0.717, 1.165) is 49.7 Å². The van der Waals surface area contributed by atoms with E-state index in [2.05, 4.69) is 15.7 Å². The number of aryl methyl sites for hydroxylation is 2. The number of ketones is 1. The molecule has 0 bridgehead atoms. The number of carbonyl (C=O) groups is 2. The lowest BCUT2D eigenvalue weighted by Crippen LogP contribution is -2.34. The topological polar surface area (TPSA) is 76.8 Å². The Labute approximate surface area is 157 Å². The predicted octanol–water partition coefficient (Wildman–Crippen LogP) is 3.02. The quantitative estimate of drug-likeness (QED) is 0.323. The molecule has 6 heteroatoms. The highest BCUT2D eigenvalue weighted by atomic mass is 16.5. The van der Waals surface area contributed by atoms with E-state index in [0.29, 0.717) is 24.9 Å². The van der Waals surface area contributed by atoms with Crippen LogP contribution in [-0.4, -0.2) is 32.0 Å². The molecule has 2 aliphatic heterocycles. The van der Waals surface area contributed by atoms with E-state index in [9.17, 15) is 14.4 Å². The smallest absolute Gasteiger partial charge is 0.347 e. The van der Waals surface area contributed by atoms with Crippen LogP contribution in [0.1, 0.15) is 53.6 Å². The number of ether oxygens (including phenoxy) is 1. The molecule has 0 aliphatic carbocycles. The molecule has 2 aromatic rings. The minimum absolute atomic E-state index is 0.120. The number of benzene rings is 1. The first kappa shape index (κ1) is 17.8. The van der Waals surface area contributed by atoms with E-state index in [1.54, 1.807) is 6.07 Å². The van der Waals surface area contributed by atoms with Gasteiger partial charge in [0, 0.05) is 36.1 Å². The maximum atomic E-state index is 12.5. The molecule has 0 fully saturated rings. The second-order valence-electron chi connectivity index (χ2n) is 7.27. The van der Waals surface area contributed by atoms with Crippen LogP contribution in [0.5, 0.6) is 0 Å². The monoisotopic (exact) mass is 369 g/mol. The Kier molecular flexibility index (Phi) is 4.97. The van der Waals surface area contributed by atoms with Crippen molar-refractivity contribution in [1.82, 2.24) is 0 Å². The van der Waals surface area contributed by atoms with Crippen molar-refractivity contribution in [1.29, 1.82) is 0 Å². The van der Waals surface area contributed by atoms with Crippen LogP contribution in [0.25, 0.3) is 11.0 Å². The molecule has 4 rings (SSSR count). The number of carbonyl (C=O) groups excluding carboxylic acids is 2. The Morgan fingerprint density at radius 2 is 2.00 bits per heavy atom. The van der Waals surface area contributed by atoms with Gasteiger partial charge in [-0.15, -0.1) is 0 Å². The minimum Gasteiger partial charge on any atom is -0.468 e. The molecule has 0 radical (unpaired) electrons. The lowest BCUT2D eigenvalue weighted by atomic mass is 9.89. The summed E-state index contributed by atoms with van der Waals surface area (Å²) in [6, 6.07) is 3.79. The lowest BCUT2D eigenvalue weighted by Gasteiger charge is -2.37. The van der Waals surface area contributed by atoms with Crippen molar-refractivity contribution >= 4 is 28.9 Å². The molecule has 0 spiro atoms. The summed E-state index contributed by atoms with van der Waals surface area (Å²) in [6.07, 6.45) is 5.51. The van der Waals surface area contributed by atoms with E-state index in [4.69, 9.17) is 4.42 Å². The first-order valence-electron chi connectivity index (χ1n) is 9.65. The molecule has 0 atom stereocenters. The molecule has 0 N–H and O–H groups in total. The number of rotatable bonds is 7. The molecule has 27 heavy (non-hydrogen) atoms. The molecule has 0 saturated heterocycles. The van der Waals surface area contributed by atoms with Crippen molar-refractivity contribution in [3.05, 3.63) is 39.2 Å². The summed E-state index contributed by atoms with van der Waals surface area (Å²) in [4.78, 5) is 37.5. The van der Waals surface area contributed by atoms with Crippen LogP contribution in [0.4, 0.5) is 5.69 Å². The number of nitrogens with zero attached hydrogens (tertiary/aromatic N) is 1. The molecule has 2 aliphatic rings. The van der Waals surface area contributed by atoms with E-state index >= 15 is 0 Å². The van der Waals surface area contributed by atoms with Crippen molar-refractivity contribution in [2.75, 3.05) is 24.6 Å². The Morgan fingerprint density at radius 3 is 2.81 bits per heavy atom. The highest BCUT2D eigenvalue weighted by molar-refractivity contribution is 5.99. The second kappa shape index (κ2) is 7.55. The van der Waals surface area contributed by atoms with E-state index in [1.807, 2.05) is 0 Å². The maximum absolute atomic E-state index is 12.5. The Hall–Kier alpha value is -2.63. The molecule has 142 valence electrons. The molecule has 1 aromatic carbocycles. The Bertz CT molecular complexity index is 944. The number of hydrogen-bond donors (Lipinski definition) is 0. The summed E-state index contributed by atoms with van der Waals surface area (Å²) >= 11 is 0. The van der Waals surface area contributed by atoms with Crippen molar-refractivity contribution in [2.45, 2.75) is 44.9 Å². The van der Waals surface area contributed by atoms with Crippen molar-refractivity contribution in [2.24, 2.45) is 0 Å². The summed E-state index contributed by atoms with van der Waals surface area (Å²) in [5.74, 6) is -0.218. The Morgan fingerprint density at radius 1 is 1.19 bits per heavy atom. The summed E-state index contributed by atoms with van der Waals surface area (Å²) in [6.45, 7) is 2.80. The number of hydrogen-bond acceptors (Lipinski definition) is 6. The van der Waals surface area contributed by atoms with Crippen LogP contribution in [0.3, 0.4) is 0 Å². The lowest BCUT2D eigenvalue weighted by molar-refractivity contribution is -0.128. The summed E-state index contributed by atoms with van der Waals surface area (Å²) in [5.41, 5.74) is 3.87. The predicted molar refractivity (Wildman–Crippen MR) is 102 cm³/mol. The third-order valence-corrected chi connectivity index (χ3v) is 5.50. The van der Waals surface area contributed by atoms with Gasteiger partial charge in [-0.2, -0.15) is 0 Å². The molecule has 0 amide bonds. The summed E-state index contributed by atoms with van der Waals surface area (Å²) in [5, 5.41) is 0.847. The van der Waals surface area contributed by atoms with Gasteiger partial charge in [0.25, 0.3) is 6.47 Å². The summed E-state index contributed by atoms with van der Waals surface area (Å²) in [7, 11) is 0. The van der Waals surface area contributed by atoms with Crippen molar-refractivity contribution in [3.8, 4) is 0 Å². The molecule has 0 unspecified atom stereocenters. The third-order valence-electron chi connectivity index (χ3n) is 5.50. The van der Waals surface area contributed by atoms with Crippen LogP contribution in [0, 0.1) is 0 Å². The molecule has 0 saturated carbocycles. The van der Waals surface area contributed by atoms with Crippen LogP contribution in [0.15, 0.2) is 21.3 Å². The zero-order valence-corrected chi connectivity index (χ0v) is 15.3. The maximum Gasteiger partial charge on any atom is 0.347 e. The number of anilines is 1. The molecular formula is C21H23NO5. The first-order chi connectivity index (χ1) is 13.2. The number of Topliss-reactive ketones (excluding diaryl/α,β-unsaturated/α-hetero) is 1. The third kappa shape index (κ3) is 3.36. The average Bonchev–Trinajstić information content (AvgIpc) is 2.68. The normalized spacial score (nSPS) is 15.5. The highest BCUT2D eigenvalue weighted by Crippen LogP contribution is 2.39. The van der Waals surface area contributed by atoms with E-state index < -0.39 is 5.63 Å². The van der Waals surface area contributed by atoms with Gasteiger partial charge in [0.1, 0.15) is 11.1 Å². The SMILES string of the molecule is O=COCCCCC(=O)c1cc2cc3c4c(c2oc1=O)CCCN4CCC3. The van der Waals surface area contributed by atoms with Crippen LogP contribution in [-0.2, 0) is 22.4 Å². The molecule has 1 aromatic heterocycles. The van der Waals surface area contributed by atoms with Gasteiger partial charge in [0.05, 0.1) is 6.61 Å². The van der Waals surface area contributed by atoms with Gasteiger partial charge in [-0.25, -0.2) is 4.79 Å². The highest BCUT2D eigenvalue weighted by Gasteiger charge is 2.27. The zero-order chi connectivity index (χ0) is 18.8. The fourth-order valence-electron chi connectivity index (χ4n) is 4.29. The van der Waals surface area contributed by atoms with Crippen molar-refractivity contribution in [3.63, 3.8) is 0 Å². The molecule has 6 nitrogen and oxygen atoms in total. The van der Waals surface area contributed by atoms with E-state index in [1.165, 1.54) is 11.3 Å². The minimum atomic E-state index is -0.555. The zero-order valence-electron chi connectivity index (χ0n) is 15.3. The van der Waals surface area contributed by atoms with Crippen LogP contribution >= 0.6 is 0 Å². The summed E-state index contributed by atoms with van der Waals surface area (Å²) < 4.78 is 10.3. The van der Waals surface area contributed by atoms with Gasteiger partial charge in [-0.1, -0.05) is 0 Å².